The Bertz CT molecular complexity index is 1480. The Morgan fingerprint density at radius 1 is 1.21 bits per heavy atom. The number of benzene rings is 1. The Kier molecular flexibility index (Phi) is 6.97. The van der Waals surface area contributed by atoms with Gasteiger partial charge >= 0.3 is 11.8 Å². The lowest BCUT2D eigenvalue weighted by Gasteiger charge is -2.39. The number of pyridine rings is 1. The van der Waals surface area contributed by atoms with Crippen LogP contribution in [0.3, 0.4) is 0 Å². The molecule has 1 N–H and O–H groups in total. The van der Waals surface area contributed by atoms with Crippen molar-refractivity contribution in [1.82, 2.24) is 24.3 Å². The molecule has 0 bridgehead atoms. The van der Waals surface area contributed by atoms with Crippen molar-refractivity contribution in [3.05, 3.63) is 93.6 Å². The van der Waals surface area contributed by atoms with Gasteiger partial charge in [0, 0.05) is 44.4 Å². The molecule has 10 heteroatoms. The van der Waals surface area contributed by atoms with Gasteiger partial charge in [0.15, 0.2) is 0 Å². The predicted molar refractivity (Wildman–Crippen MR) is 148 cm³/mol. The monoisotopic (exact) mass is 546 g/mol. The standard InChI is InChI=1S/C29H31ClN6O3/c1-28(2,31-4)39-27(37)36-13-11-35(12-14-36)26-21-9-8-20(30)16-22(21)23(15-19-7-6-10-33-25(19)26)29(3,38)24-17-32-18-34(24)5/h6-10,15-18,26,38H,11-14H2,1-3,5H3/t26-,29?/m0/s1. The number of piperazine rings is 1. The molecule has 2 aliphatic rings. The second kappa shape index (κ2) is 10.1. The van der Waals surface area contributed by atoms with Gasteiger partial charge in [-0.2, -0.15) is 0 Å². The van der Waals surface area contributed by atoms with E-state index in [1.807, 2.05) is 48.0 Å². The number of carbonyl (C=O) groups is 1. The van der Waals surface area contributed by atoms with Gasteiger partial charge in [0.05, 0.1) is 43.8 Å². The van der Waals surface area contributed by atoms with Gasteiger partial charge in [-0.05, 0) is 53.5 Å². The molecule has 3 heterocycles. The van der Waals surface area contributed by atoms with E-state index in [0.717, 1.165) is 22.4 Å². The van der Waals surface area contributed by atoms with Crippen LogP contribution in [-0.2, 0) is 17.4 Å². The van der Waals surface area contributed by atoms with Gasteiger partial charge in [0.25, 0.3) is 0 Å². The summed E-state index contributed by atoms with van der Waals surface area (Å²) in [5.41, 5.74) is 2.33. The van der Waals surface area contributed by atoms with Crippen LogP contribution in [0, 0.1) is 6.57 Å². The van der Waals surface area contributed by atoms with Crippen LogP contribution in [-0.4, -0.2) is 67.4 Å². The van der Waals surface area contributed by atoms with E-state index in [9.17, 15) is 9.90 Å². The van der Waals surface area contributed by atoms with Gasteiger partial charge in [-0.25, -0.2) is 16.4 Å². The molecule has 2 aromatic heterocycles. The van der Waals surface area contributed by atoms with Crippen LogP contribution in [0.4, 0.5) is 4.79 Å². The molecule has 1 amide bonds. The first-order valence-electron chi connectivity index (χ1n) is 12.8. The Balaban J connectivity index is 1.55. The van der Waals surface area contributed by atoms with Gasteiger partial charge in [-0.1, -0.05) is 23.7 Å². The van der Waals surface area contributed by atoms with E-state index in [-0.39, 0.29) is 6.04 Å². The number of fused-ring (bicyclic) bond motifs is 2. The summed E-state index contributed by atoms with van der Waals surface area (Å²) in [5, 5.41) is 12.6. The Labute approximate surface area is 233 Å². The predicted octanol–water partition coefficient (Wildman–Crippen LogP) is 4.73. The van der Waals surface area contributed by atoms with E-state index >= 15 is 0 Å². The van der Waals surface area contributed by atoms with Crippen molar-refractivity contribution in [1.29, 1.82) is 0 Å². The van der Waals surface area contributed by atoms with Crippen LogP contribution in [0.5, 0.6) is 0 Å². The second-order valence-corrected chi connectivity index (χ2v) is 11.0. The fraction of sp³-hybridized carbons (Fsp3) is 0.379. The molecule has 1 aromatic carbocycles. The largest absolute Gasteiger partial charge is 0.415 e. The van der Waals surface area contributed by atoms with Crippen LogP contribution in [0.1, 0.15) is 54.9 Å². The van der Waals surface area contributed by atoms with E-state index in [1.165, 1.54) is 0 Å². The molecule has 1 unspecified atom stereocenters. The number of carbonyl (C=O) groups excluding carboxylic acids is 1. The molecular weight excluding hydrogens is 516 g/mol. The van der Waals surface area contributed by atoms with E-state index in [2.05, 4.69) is 14.7 Å². The van der Waals surface area contributed by atoms with Crippen LogP contribution in [0.15, 0.2) is 49.1 Å². The lowest BCUT2D eigenvalue weighted by molar-refractivity contribution is 0.0236. The number of aryl methyl sites for hydroxylation is 1. The summed E-state index contributed by atoms with van der Waals surface area (Å²) in [4.78, 5) is 29.1. The van der Waals surface area contributed by atoms with Gasteiger partial charge in [-0.3, -0.25) is 14.7 Å². The smallest absolute Gasteiger partial charge is 0.379 e. The molecular formula is C29H31ClN6O3. The number of aromatic nitrogens is 3. The molecule has 3 aromatic rings. The van der Waals surface area contributed by atoms with Crippen molar-refractivity contribution in [3.63, 3.8) is 0 Å². The highest BCUT2D eigenvalue weighted by Crippen LogP contribution is 2.46. The zero-order valence-corrected chi connectivity index (χ0v) is 23.2. The highest BCUT2D eigenvalue weighted by Gasteiger charge is 2.40. The maximum atomic E-state index is 12.7. The molecule has 9 nitrogen and oxygen atoms in total. The highest BCUT2D eigenvalue weighted by atomic mass is 35.5. The summed E-state index contributed by atoms with van der Waals surface area (Å²) < 4.78 is 7.20. The Morgan fingerprint density at radius 2 is 1.95 bits per heavy atom. The van der Waals surface area contributed by atoms with Crippen molar-refractivity contribution < 1.29 is 14.6 Å². The summed E-state index contributed by atoms with van der Waals surface area (Å²) in [7, 11) is 1.86. The normalized spacial score (nSPS) is 19.2. The zero-order valence-electron chi connectivity index (χ0n) is 22.4. The number of rotatable bonds is 4. The van der Waals surface area contributed by atoms with E-state index in [0.29, 0.717) is 42.5 Å². The van der Waals surface area contributed by atoms with Crippen molar-refractivity contribution in [2.45, 2.75) is 38.1 Å². The first kappa shape index (κ1) is 26.9. The quantitative estimate of drug-likeness (QED) is 0.476. The number of halogens is 1. The van der Waals surface area contributed by atoms with Gasteiger partial charge < -0.3 is 19.3 Å². The number of hydrogen-bond donors (Lipinski definition) is 1. The number of nitrogens with zero attached hydrogens (tertiary/aromatic N) is 6. The maximum Gasteiger partial charge on any atom is 0.415 e. The van der Waals surface area contributed by atoms with Crippen LogP contribution in [0.2, 0.25) is 5.02 Å². The van der Waals surface area contributed by atoms with Gasteiger partial charge in [-0.15, -0.1) is 0 Å². The fourth-order valence-electron chi connectivity index (χ4n) is 5.36. The first-order chi connectivity index (χ1) is 18.5. The minimum Gasteiger partial charge on any atom is -0.379 e. The second-order valence-electron chi connectivity index (χ2n) is 10.6. The molecule has 39 heavy (non-hydrogen) atoms. The molecule has 1 aliphatic carbocycles. The van der Waals surface area contributed by atoms with Gasteiger partial charge in [0.2, 0.25) is 0 Å². The first-order valence-corrected chi connectivity index (χ1v) is 13.2. The lowest BCUT2D eigenvalue weighted by atomic mass is 9.84. The number of imidazole rings is 1. The molecule has 2 atom stereocenters. The van der Waals surface area contributed by atoms with Crippen molar-refractivity contribution >= 4 is 29.3 Å². The van der Waals surface area contributed by atoms with E-state index < -0.39 is 17.4 Å². The molecule has 1 saturated heterocycles. The number of amides is 1. The topological polar surface area (TPSA) is 88.1 Å². The zero-order chi connectivity index (χ0) is 27.9. The minimum absolute atomic E-state index is 0.234. The summed E-state index contributed by atoms with van der Waals surface area (Å²) in [6.45, 7) is 14.2. The average Bonchev–Trinajstić information content (AvgIpc) is 3.29. The third-order valence-corrected chi connectivity index (χ3v) is 7.65. The van der Waals surface area contributed by atoms with Crippen molar-refractivity contribution in [2.75, 3.05) is 26.2 Å². The summed E-state index contributed by atoms with van der Waals surface area (Å²) in [6, 6.07) is 9.41. The van der Waals surface area contributed by atoms with E-state index in [4.69, 9.17) is 27.9 Å². The number of aliphatic hydroxyl groups is 1. The molecule has 1 aliphatic heterocycles. The number of ether oxygens (including phenoxy) is 1. The average molecular weight is 547 g/mol. The lowest BCUT2D eigenvalue weighted by Crippen LogP contribution is -2.51. The molecule has 202 valence electrons. The van der Waals surface area contributed by atoms with Gasteiger partial charge in [0.1, 0.15) is 5.60 Å². The molecule has 0 spiro atoms. The molecule has 0 radical (unpaired) electrons. The van der Waals surface area contributed by atoms with Crippen LogP contribution in [0.25, 0.3) is 16.5 Å². The minimum atomic E-state index is -1.37. The third-order valence-electron chi connectivity index (χ3n) is 7.41. The van der Waals surface area contributed by atoms with Crippen LogP contribution < -0.4 is 0 Å². The Morgan fingerprint density at radius 3 is 2.62 bits per heavy atom. The SMILES string of the molecule is [C-]#[N+]C(C)(C)OC(=O)N1CCN([C@H]2c3ccc(Cl)cc3C(C(C)(O)c3cncn3C)=Cc3cccnc32)CC1. The summed E-state index contributed by atoms with van der Waals surface area (Å²) in [6.07, 6.45) is 6.62. The molecule has 0 saturated carbocycles. The molecule has 5 rings (SSSR count). The number of hydrogen-bond acceptors (Lipinski definition) is 6. The third kappa shape index (κ3) is 5.03. The summed E-state index contributed by atoms with van der Waals surface area (Å²) in [5.74, 6) is 0. The fourth-order valence-corrected chi connectivity index (χ4v) is 5.53. The van der Waals surface area contributed by atoms with Crippen molar-refractivity contribution in [3.8, 4) is 0 Å². The summed E-state index contributed by atoms with van der Waals surface area (Å²) >= 11 is 6.53. The maximum absolute atomic E-state index is 12.7. The van der Waals surface area contributed by atoms with Crippen molar-refractivity contribution in [2.24, 2.45) is 7.05 Å². The highest BCUT2D eigenvalue weighted by molar-refractivity contribution is 6.30. The Hall–Kier alpha value is -3.71. The molecule has 1 fully saturated rings. The van der Waals surface area contributed by atoms with E-state index in [1.54, 1.807) is 44.4 Å². The van der Waals surface area contributed by atoms with Crippen LogP contribution >= 0.6 is 11.6 Å².